The zero-order chi connectivity index (χ0) is 15.3. The molecule has 0 aliphatic heterocycles. The number of hydrogen-bond acceptors (Lipinski definition) is 2. The highest BCUT2D eigenvalue weighted by molar-refractivity contribution is 5.86. The molecule has 0 atom stereocenters. The zero-order valence-corrected chi connectivity index (χ0v) is 11.2. The van der Waals surface area contributed by atoms with Gasteiger partial charge < -0.3 is 10.4 Å². The molecule has 0 aliphatic rings. The summed E-state index contributed by atoms with van der Waals surface area (Å²) in [6, 6.07) is 3.94. The standard InChI is InChI=1S/C14H16F3NO2/c1-3-10(13(19)20)6-7-18-11-5-4-9(2)12(8-11)14(15,16)17/h4-6,8,18H,3,7H2,1-2H3,(H,19,20)/b10-6-. The molecule has 0 radical (unpaired) electrons. The first-order valence-electron chi connectivity index (χ1n) is 6.09. The van der Waals surface area contributed by atoms with E-state index in [1.807, 2.05) is 0 Å². The topological polar surface area (TPSA) is 49.3 Å². The van der Waals surface area contributed by atoms with Gasteiger partial charge in [0.1, 0.15) is 0 Å². The number of aryl methyl sites for hydroxylation is 1. The second-order valence-corrected chi connectivity index (χ2v) is 4.30. The van der Waals surface area contributed by atoms with Crippen molar-refractivity contribution in [3.8, 4) is 0 Å². The van der Waals surface area contributed by atoms with Crippen molar-refractivity contribution in [2.24, 2.45) is 0 Å². The molecule has 0 spiro atoms. The molecule has 0 fully saturated rings. The first-order chi connectivity index (χ1) is 9.25. The molecule has 0 saturated heterocycles. The second-order valence-electron chi connectivity index (χ2n) is 4.30. The normalized spacial score (nSPS) is 12.3. The third-order valence-corrected chi connectivity index (χ3v) is 2.85. The Labute approximate surface area is 115 Å². The first kappa shape index (κ1) is 16.1. The Morgan fingerprint density at radius 2 is 2.05 bits per heavy atom. The summed E-state index contributed by atoms with van der Waals surface area (Å²) < 4.78 is 38.2. The third kappa shape index (κ3) is 4.29. The van der Waals surface area contributed by atoms with Gasteiger partial charge in [-0.25, -0.2) is 4.79 Å². The van der Waals surface area contributed by atoms with Crippen LogP contribution in [0.25, 0.3) is 0 Å². The van der Waals surface area contributed by atoms with Crippen LogP contribution in [0, 0.1) is 6.92 Å². The van der Waals surface area contributed by atoms with Gasteiger partial charge in [0.25, 0.3) is 0 Å². The van der Waals surface area contributed by atoms with Gasteiger partial charge in [-0.15, -0.1) is 0 Å². The number of carboxylic acids is 1. The van der Waals surface area contributed by atoms with E-state index in [0.717, 1.165) is 6.07 Å². The van der Waals surface area contributed by atoms with Gasteiger partial charge in [-0.1, -0.05) is 19.1 Å². The molecule has 1 aromatic carbocycles. The minimum absolute atomic E-state index is 0.151. The Kier molecular flexibility index (Phi) is 5.19. The van der Waals surface area contributed by atoms with E-state index in [4.69, 9.17) is 5.11 Å². The van der Waals surface area contributed by atoms with E-state index in [1.165, 1.54) is 25.1 Å². The molecule has 1 rings (SSSR count). The molecule has 6 heteroatoms. The summed E-state index contributed by atoms with van der Waals surface area (Å²) in [5.74, 6) is -1.02. The summed E-state index contributed by atoms with van der Waals surface area (Å²) in [7, 11) is 0. The van der Waals surface area contributed by atoms with Gasteiger partial charge in [0, 0.05) is 17.8 Å². The van der Waals surface area contributed by atoms with E-state index in [9.17, 15) is 18.0 Å². The summed E-state index contributed by atoms with van der Waals surface area (Å²) in [5, 5.41) is 11.6. The SMILES string of the molecule is CC/C(=C/CNc1ccc(C)c(C(F)(F)F)c1)C(=O)O. The lowest BCUT2D eigenvalue weighted by Gasteiger charge is -2.12. The van der Waals surface area contributed by atoms with Gasteiger partial charge >= 0.3 is 12.1 Å². The van der Waals surface area contributed by atoms with E-state index >= 15 is 0 Å². The van der Waals surface area contributed by atoms with Crippen LogP contribution in [0.4, 0.5) is 18.9 Å². The van der Waals surface area contributed by atoms with Crippen LogP contribution in [0.3, 0.4) is 0 Å². The Morgan fingerprint density at radius 3 is 2.55 bits per heavy atom. The summed E-state index contributed by atoms with van der Waals surface area (Å²) in [5.41, 5.74) is -0.0144. The van der Waals surface area contributed by atoms with Crippen molar-refractivity contribution in [2.45, 2.75) is 26.4 Å². The fourth-order valence-corrected chi connectivity index (χ4v) is 1.71. The summed E-state index contributed by atoms with van der Waals surface area (Å²) >= 11 is 0. The molecule has 0 aliphatic carbocycles. The van der Waals surface area contributed by atoms with Gasteiger partial charge in [-0.2, -0.15) is 13.2 Å². The lowest BCUT2D eigenvalue weighted by molar-refractivity contribution is -0.138. The van der Waals surface area contributed by atoms with Crippen molar-refractivity contribution in [1.29, 1.82) is 0 Å². The highest BCUT2D eigenvalue weighted by Crippen LogP contribution is 2.33. The van der Waals surface area contributed by atoms with Crippen molar-refractivity contribution >= 4 is 11.7 Å². The van der Waals surface area contributed by atoms with E-state index in [1.54, 1.807) is 6.92 Å². The number of benzene rings is 1. The average molecular weight is 287 g/mol. The summed E-state index contributed by atoms with van der Waals surface area (Å²) in [4.78, 5) is 10.8. The Morgan fingerprint density at radius 1 is 1.40 bits per heavy atom. The van der Waals surface area contributed by atoms with Crippen LogP contribution in [0.15, 0.2) is 29.8 Å². The molecule has 110 valence electrons. The van der Waals surface area contributed by atoms with Crippen LogP contribution in [-0.2, 0) is 11.0 Å². The van der Waals surface area contributed by atoms with Crippen molar-refractivity contribution in [3.05, 3.63) is 41.0 Å². The highest BCUT2D eigenvalue weighted by Gasteiger charge is 2.32. The van der Waals surface area contributed by atoms with Crippen LogP contribution in [0.1, 0.15) is 24.5 Å². The minimum Gasteiger partial charge on any atom is -0.478 e. The number of carbonyl (C=O) groups is 1. The number of carboxylic acid groups (broad SMARTS) is 1. The van der Waals surface area contributed by atoms with Gasteiger partial charge in [0.05, 0.1) is 5.56 Å². The molecule has 0 aromatic heterocycles. The monoisotopic (exact) mass is 287 g/mol. The van der Waals surface area contributed by atoms with Crippen LogP contribution in [0.5, 0.6) is 0 Å². The number of anilines is 1. The number of aliphatic carboxylic acids is 1. The van der Waals surface area contributed by atoms with E-state index in [2.05, 4.69) is 5.32 Å². The minimum atomic E-state index is -4.40. The van der Waals surface area contributed by atoms with Gasteiger partial charge in [-0.3, -0.25) is 0 Å². The maximum absolute atomic E-state index is 12.7. The Hall–Kier alpha value is -1.98. The number of hydrogen-bond donors (Lipinski definition) is 2. The highest BCUT2D eigenvalue weighted by atomic mass is 19.4. The molecule has 0 bridgehead atoms. The molecule has 0 saturated carbocycles. The number of halogens is 3. The number of alkyl halides is 3. The van der Waals surface area contributed by atoms with Gasteiger partial charge in [0.2, 0.25) is 0 Å². The number of nitrogens with one attached hydrogen (secondary N) is 1. The second kappa shape index (κ2) is 6.45. The maximum Gasteiger partial charge on any atom is 0.416 e. The third-order valence-electron chi connectivity index (χ3n) is 2.85. The fraction of sp³-hybridized carbons (Fsp3) is 0.357. The summed E-state index contributed by atoms with van der Waals surface area (Å²) in [6.07, 6.45) is -2.58. The van der Waals surface area contributed by atoms with Crippen molar-refractivity contribution < 1.29 is 23.1 Å². The first-order valence-corrected chi connectivity index (χ1v) is 6.09. The summed E-state index contributed by atoms with van der Waals surface area (Å²) in [6.45, 7) is 3.26. The fourth-order valence-electron chi connectivity index (χ4n) is 1.71. The van der Waals surface area contributed by atoms with Gasteiger partial charge in [0.15, 0.2) is 0 Å². The van der Waals surface area contributed by atoms with Crippen molar-refractivity contribution in [1.82, 2.24) is 0 Å². The molecule has 20 heavy (non-hydrogen) atoms. The molecular formula is C14H16F3NO2. The predicted octanol–water partition coefficient (Wildman–Crippen LogP) is 3.85. The smallest absolute Gasteiger partial charge is 0.416 e. The van der Waals surface area contributed by atoms with E-state index < -0.39 is 17.7 Å². The van der Waals surface area contributed by atoms with Crippen molar-refractivity contribution in [3.63, 3.8) is 0 Å². The quantitative estimate of drug-likeness (QED) is 0.809. The molecule has 2 N–H and O–H groups in total. The maximum atomic E-state index is 12.7. The lowest BCUT2D eigenvalue weighted by Crippen LogP contribution is -2.09. The molecular weight excluding hydrogens is 271 g/mol. The van der Waals surface area contributed by atoms with E-state index in [-0.39, 0.29) is 17.7 Å². The van der Waals surface area contributed by atoms with Crippen molar-refractivity contribution in [2.75, 3.05) is 11.9 Å². The van der Waals surface area contributed by atoms with E-state index in [0.29, 0.717) is 12.1 Å². The average Bonchev–Trinajstić information content (AvgIpc) is 2.34. The predicted molar refractivity (Wildman–Crippen MR) is 70.7 cm³/mol. The lowest BCUT2D eigenvalue weighted by atomic mass is 10.1. The van der Waals surface area contributed by atoms with Gasteiger partial charge in [-0.05, 0) is 31.0 Å². The number of rotatable bonds is 5. The molecule has 1 aromatic rings. The van der Waals surface area contributed by atoms with Crippen LogP contribution in [-0.4, -0.2) is 17.6 Å². The van der Waals surface area contributed by atoms with Crippen LogP contribution < -0.4 is 5.32 Å². The molecule has 3 nitrogen and oxygen atoms in total. The molecule has 0 unspecified atom stereocenters. The Bertz CT molecular complexity index is 522. The Balaban J connectivity index is 2.82. The van der Waals surface area contributed by atoms with Crippen LogP contribution >= 0.6 is 0 Å². The molecule has 0 heterocycles. The molecule has 0 amide bonds. The van der Waals surface area contributed by atoms with Crippen LogP contribution in [0.2, 0.25) is 0 Å². The largest absolute Gasteiger partial charge is 0.478 e. The zero-order valence-electron chi connectivity index (χ0n) is 11.2.